The lowest BCUT2D eigenvalue weighted by atomic mass is 10.1. The first kappa shape index (κ1) is 19.5. The second kappa shape index (κ2) is 11.3. The van der Waals surface area contributed by atoms with Crippen LogP contribution in [0.5, 0.6) is 0 Å². The molecule has 1 atom stereocenters. The number of primary amides is 1. The lowest BCUT2D eigenvalue weighted by molar-refractivity contribution is -0.139. The van der Waals surface area contributed by atoms with E-state index in [2.05, 4.69) is 24.1 Å². The SMILES string of the molecule is CCN(CC)CCN[C@@H](CCC(N)=O)C(=O)O.Cl. The average Bonchev–Trinajstić information content (AvgIpc) is 2.27. The van der Waals surface area contributed by atoms with Crippen molar-refractivity contribution in [3.63, 3.8) is 0 Å². The molecule has 0 fully saturated rings. The van der Waals surface area contributed by atoms with Gasteiger partial charge in [0, 0.05) is 19.5 Å². The minimum absolute atomic E-state index is 0. The molecule has 0 unspecified atom stereocenters. The van der Waals surface area contributed by atoms with Gasteiger partial charge in [0.25, 0.3) is 0 Å². The Kier molecular flexibility index (Phi) is 12.2. The molecule has 0 saturated heterocycles. The monoisotopic (exact) mass is 281 g/mol. The number of halogens is 1. The molecule has 0 aliphatic rings. The maximum atomic E-state index is 10.9. The van der Waals surface area contributed by atoms with E-state index in [4.69, 9.17) is 10.8 Å². The van der Waals surface area contributed by atoms with Gasteiger partial charge < -0.3 is 21.1 Å². The number of carbonyl (C=O) groups excluding carboxylic acids is 1. The van der Waals surface area contributed by atoms with E-state index >= 15 is 0 Å². The van der Waals surface area contributed by atoms with E-state index in [1.807, 2.05) is 0 Å². The summed E-state index contributed by atoms with van der Waals surface area (Å²) in [7, 11) is 0. The smallest absolute Gasteiger partial charge is 0.320 e. The molecule has 0 aliphatic heterocycles. The molecule has 0 radical (unpaired) electrons. The number of likely N-dealkylation sites (N-methyl/N-ethyl adjacent to an activating group) is 1. The van der Waals surface area contributed by atoms with Gasteiger partial charge in [-0.1, -0.05) is 13.8 Å². The van der Waals surface area contributed by atoms with E-state index in [1.54, 1.807) is 0 Å². The Morgan fingerprint density at radius 1 is 1.33 bits per heavy atom. The van der Waals surface area contributed by atoms with Gasteiger partial charge in [0.2, 0.25) is 5.91 Å². The Hall–Kier alpha value is -0.850. The molecule has 1 amide bonds. The number of hydrogen-bond acceptors (Lipinski definition) is 4. The van der Waals surface area contributed by atoms with Crippen molar-refractivity contribution >= 4 is 24.3 Å². The fraction of sp³-hybridized carbons (Fsp3) is 0.818. The summed E-state index contributed by atoms with van der Waals surface area (Å²) < 4.78 is 0. The van der Waals surface area contributed by atoms with Crippen LogP contribution in [0.3, 0.4) is 0 Å². The molecule has 0 aromatic carbocycles. The lowest BCUT2D eigenvalue weighted by Gasteiger charge is -2.20. The normalized spacial score (nSPS) is 11.9. The highest BCUT2D eigenvalue weighted by Gasteiger charge is 2.17. The highest BCUT2D eigenvalue weighted by Crippen LogP contribution is 1.97. The van der Waals surface area contributed by atoms with E-state index in [-0.39, 0.29) is 25.2 Å². The van der Waals surface area contributed by atoms with Crippen LogP contribution in [-0.4, -0.2) is 54.1 Å². The van der Waals surface area contributed by atoms with E-state index in [1.165, 1.54) is 0 Å². The molecule has 7 heteroatoms. The molecule has 0 heterocycles. The number of aliphatic carboxylic acids is 1. The predicted octanol–water partition coefficient (Wildman–Crippen LogP) is 0.0583. The summed E-state index contributed by atoms with van der Waals surface area (Å²) in [5.74, 6) is -1.41. The third-order valence-electron chi connectivity index (χ3n) is 2.69. The van der Waals surface area contributed by atoms with E-state index < -0.39 is 17.9 Å². The quantitative estimate of drug-likeness (QED) is 0.526. The first-order valence-electron chi connectivity index (χ1n) is 5.98. The van der Waals surface area contributed by atoms with Crippen molar-refractivity contribution in [2.75, 3.05) is 26.2 Å². The fourth-order valence-electron chi connectivity index (χ4n) is 1.54. The van der Waals surface area contributed by atoms with Crippen molar-refractivity contribution < 1.29 is 14.7 Å². The summed E-state index contributed by atoms with van der Waals surface area (Å²) in [6, 6.07) is -0.696. The molecule has 108 valence electrons. The predicted molar refractivity (Wildman–Crippen MR) is 72.9 cm³/mol. The van der Waals surface area contributed by atoms with Gasteiger partial charge in [-0.3, -0.25) is 9.59 Å². The molecule has 18 heavy (non-hydrogen) atoms. The van der Waals surface area contributed by atoms with Crippen LogP contribution in [0.1, 0.15) is 26.7 Å². The zero-order valence-electron chi connectivity index (χ0n) is 11.0. The van der Waals surface area contributed by atoms with Crippen LogP contribution >= 0.6 is 12.4 Å². The summed E-state index contributed by atoms with van der Waals surface area (Å²) in [5.41, 5.74) is 4.99. The third-order valence-corrected chi connectivity index (χ3v) is 2.69. The topological polar surface area (TPSA) is 95.7 Å². The first-order chi connectivity index (χ1) is 8.01. The molecule has 0 aliphatic carbocycles. The van der Waals surface area contributed by atoms with E-state index in [0.29, 0.717) is 6.54 Å². The second-order valence-electron chi connectivity index (χ2n) is 3.88. The van der Waals surface area contributed by atoms with E-state index in [0.717, 1.165) is 19.6 Å². The zero-order chi connectivity index (χ0) is 13.3. The molecule has 0 rings (SSSR count). The summed E-state index contributed by atoms with van der Waals surface area (Å²) in [6.45, 7) is 7.40. The number of amides is 1. The van der Waals surface area contributed by atoms with Gasteiger partial charge in [0.15, 0.2) is 0 Å². The maximum absolute atomic E-state index is 10.9. The summed E-state index contributed by atoms with van der Waals surface area (Å²) in [5, 5.41) is 11.9. The van der Waals surface area contributed by atoms with Crippen LogP contribution in [0, 0.1) is 0 Å². The molecule has 0 aromatic heterocycles. The van der Waals surface area contributed by atoms with Gasteiger partial charge in [0.1, 0.15) is 6.04 Å². The number of rotatable bonds is 10. The number of nitrogens with two attached hydrogens (primary N) is 1. The molecule has 0 aromatic rings. The average molecular weight is 282 g/mol. The number of hydrogen-bond donors (Lipinski definition) is 3. The molecule has 0 bridgehead atoms. The van der Waals surface area contributed by atoms with Crippen molar-refractivity contribution in [1.29, 1.82) is 0 Å². The minimum Gasteiger partial charge on any atom is -0.480 e. The van der Waals surface area contributed by atoms with Crippen molar-refractivity contribution in [2.24, 2.45) is 5.73 Å². The number of nitrogens with one attached hydrogen (secondary N) is 1. The van der Waals surface area contributed by atoms with Crippen molar-refractivity contribution in [3.8, 4) is 0 Å². The summed E-state index contributed by atoms with van der Waals surface area (Å²) >= 11 is 0. The zero-order valence-corrected chi connectivity index (χ0v) is 11.8. The maximum Gasteiger partial charge on any atom is 0.320 e. The van der Waals surface area contributed by atoms with Gasteiger partial charge in [-0.05, 0) is 19.5 Å². The Morgan fingerprint density at radius 3 is 2.28 bits per heavy atom. The summed E-state index contributed by atoms with van der Waals surface area (Å²) in [6.07, 6.45) is 0.332. The Balaban J connectivity index is 0. The molecule has 0 saturated carbocycles. The van der Waals surface area contributed by atoms with Gasteiger partial charge in [-0.15, -0.1) is 12.4 Å². The van der Waals surface area contributed by atoms with Crippen LogP contribution in [0.15, 0.2) is 0 Å². The van der Waals surface area contributed by atoms with Crippen molar-refractivity contribution in [2.45, 2.75) is 32.7 Å². The number of carboxylic acids is 1. The molecule has 0 spiro atoms. The standard InChI is InChI=1S/C11H23N3O3.ClH/c1-3-14(4-2)8-7-13-9(11(16)17)5-6-10(12)15;/h9,13H,3-8H2,1-2H3,(H2,12,15)(H,16,17);1H/t9-;/m0./s1. The Bertz CT molecular complexity index is 248. The van der Waals surface area contributed by atoms with Crippen molar-refractivity contribution in [1.82, 2.24) is 10.2 Å². The van der Waals surface area contributed by atoms with Crippen LogP contribution in [-0.2, 0) is 9.59 Å². The first-order valence-corrected chi connectivity index (χ1v) is 5.98. The Morgan fingerprint density at radius 2 is 1.89 bits per heavy atom. The Labute approximate surface area is 114 Å². The van der Waals surface area contributed by atoms with Crippen LogP contribution in [0.2, 0.25) is 0 Å². The lowest BCUT2D eigenvalue weighted by Crippen LogP contribution is -2.41. The van der Waals surface area contributed by atoms with Crippen LogP contribution in [0.4, 0.5) is 0 Å². The van der Waals surface area contributed by atoms with Crippen molar-refractivity contribution in [3.05, 3.63) is 0 Å². The number of nitrogens with zero attached hydrogens (tertiary/aromatic N) is 1. The highest BCUT2D eigenvalue weighted by atomic mass is 35.5. The highest BCUT2D eigenvalue weighted by molar-refractivity contribution is 5.85. The number of carbonyl (C=O) groups is 2. The molecule has 4 N–H and O–H groups in total. The van der Waals surface area contributed by atoms with Crippen LogP contribution in [0.25, 0.3) is 0 Å². The number of carboxylic acid groups (broad SMARTS) is 1. The van der Waals surface area contributed by atoms with Gasteiger partial charge >= 0.3 is 5.97 Å². The molecular weight excluding hydrogens is 258 g/mol. The minimum atomic E-state index is -0.939. The van der Waals surface area contributed by atoms with Gasteiger partial charge in [0.05, 0.1) is 0 Å². The molecule has 6 nitrogen and oxygen atoms in total. The van der Waals surface area contributed by atoms with Gasteiger partial charge in [-0.25, -0.2) is 0 Å². The second-order valence-corrected chi connectivity index (χ2v) is 3.88. The van der Waals surface area contributed by atoms with E-state index in [9.17, 15) is 9.59 Å². The molecular formula is C11H24ClN3O3. The third kappa shape index (κ3) is 9.21. The summed E-state index contributed by atoms with van der Waals surface area (Å²) in [4.78, 5) is 23.7. The van der Waals surface area contributed by atoms with Crippen LogP contribution < -0.4 is 11.1 Å². The van der Waals surface area contributed by atoms with Gasteiger partial charge in [-0.2, -0.15) is 0 Å². The fourth-order valence-corrected chi connectivity index (χ4v) is 1.54. The largest absolute Gasteiger partial charge is 0.480 e.